The molecule has 0 unspecified atom stereocenters. The molecule has 10 heteroatoms. The molecule has 0 spiro atoms. The average Bonchev–Trinajstić information content (AvgIpc) is 3.09. The number of hydrogen-bond acceptors (Lipinski definition) is 5. The van der Waals surface area contributed by atoms with Gasteiger partial charge in [-0.1, -0.05) is 11.8 Å². The number of nitrogens with zero attached hydrogens (tertiary/aromatic N) is 2. The van der Waals surface area contributed by atoms with Gasteiger partial charge in [-0.25, -0.2) is 4.39 Å². The highest BCUT2D eigenvalue weighted by Crippen LogP contribution is 2.30. The number of thioether (sulfide) groups is 1. The van der Waals surface area contributed by atoms with E-state index in [1.165, 1.54) is 36.4 Å². The zero-order chi connectivity index (χ0) is 19.4. The minimum Gasteiger partial charge on any atom is -0.411 e. The molecule has 0 bridgehead atoms. The van der Waals surface area contributed by atoms with Crippen molar-refractivity contribution in [1.82, 2.24) is 10.2 Å². The van der Waals surface area contributed by atoms with Gasteiger partial charge < -0.3 is 9.73 Å². The molecule has 0 aliphatic carbocycles. The van der Waals surface area contributed by atoms with Crippen LogP contribution in [0.3, 0.4) is 0 Å². The minimum atomic E-state index is -4.43. The Morgan fingerprint density at radius 1 is 1.04 bits per heavy atom. The first-order valence-corrected chi connectivity index (χ1v) is 8.49. The third-order valence-electron chi connectivity index (χ3n) is 3.32. The van der Waals surface area contributed by atoms with Crippen molar-refractivity contribution in [3.63, 3.8) is 0 Å². The summed E-state index contributed by atoms with van der Waals surface area (Å²) in [6.45, 7) is 0. The molecule has 1 aromatic heterocycles. The molecule has 140 valence electrons. The Morgan fingerprint density at radius 3 is 2.33 bits per heavy atom. The Balaban J connectivity index is 1.54. The van der Waals surface area contributed by atoms with Crippen LogP contribution in [0, 0.1) is 5.82 Å². The second-order valence-electron chi connectivity index (χ2n) is 5.29. The molecule has 0 radical (unpaired) electrons. The van der Waals surface area contributed by atoms with Gasteiger partial charge in [0, 0.05) is 11.3 Å². The van der Waals surface area contributed by atoms with E-state index in [-0.39, 0.29) is 22.6 Å². The van der Waals surface area contributed by atoms with Crippen LogP contribution in [-0.4, -0.2) is 21.9 Å². The normalized spacial score (nSPS) is 11.4. The molecule has 1 N–H and O–H groups in total. The number of benzene rings is 2. The fourth-order valence-electron chi connectivity index (χ4n) is 2.04. The maximum atomic E-state index is 12.9. The molecular weight excluding hydrogens is 386 g/mol. The number of carbonyl (C=O) groups is 1. The van der Waals surface area contributed by atoms with E-state index < -0.39 is 23.5 Å². The third-order valence-corrected chi connectivity index (χ3v) is 4.14. The predicted molar refractivity (Wildman–Crippen MR) is 90.5 cm³/mol. The molecule has 0 aliphatic heterocycles. The number of carbonyl (C=O) groups excluding carboxylic acids is 1. The molecule has 0 saturated heterocycles. The summed E-state index contributed by atoms with van der Waals surface area (Å²) in [7, 11) is 0. The van der Waals surface area contributed by atoms with Gasteiger partial charge in [-0.2, -0.15) is 13.2 Å². The summed E-state index contributed by atoms with van der Waals surface area (Å²) in [6.07, 6.45) is -4.43. The van der Waals surface area contributed by atoms with Crippen LogP contribution in [0.25, 0.3) is 11.5 Å². The first-order valence-electron chi connectivity index (χ1n) is 7.50. The lowest BCUT2D eigenvalue weighted by Crippen LogP contribution is -2.14. The van der Waals surface area contributed by atoms with Crippen molar-refractivity contribution in [3.05, 3.63) is 59.9 Å². The van der Waals surface area contributed by atoms with Gasteiger partial charge in [0.25, 0.3) is 5.22 Å². The summed E-state index contributed by atoms with van der Waals surface area (Å²) in [4.78, 5) is 11.9. The van der Waals surface area contributed by atoms with Gasteiger partial charge in [0.2, 0.25) is 11.8 Å². The highest BCUT2D eigenvalue weighted by molar-refractivity contribution is 7.99. The van der Waals surface area contributed by atoms with Gasteiger partial charge in [0.05, 0.1) is 11.3 Å². The lowest BCUT2D eigenvalue weighted by Gasteiger charge is -2.08. The Hall–Kier alpha value is -2.88. The fourth-order valence-corrected chi connectivity index (χ4v) is 2.61. The van der Waals surface area contributed by atoms with E-state index in [1.807, 2.05) is 0 Å². The Kier molecular flexibility index (Phi) is 5.45. The van der Waals surface area contributed by atoms with Crippen molar-refractivity contribution >= 4 is 23.4 Å². The lowest BCUT2D eigenvalue weighted by molar-refractivity contribution is -0.137. The first-order chi connectivity index (χ1) is 12.8. The highest BCUT2D eigenvalue weighted by atomic mass is 32.2. The quantitative estimate of drug-likeness (QED) is 0.502. The van der Waals surface area contributed by atoms with Crippen LogP contribution < -0.4 is 5.32 Å². The van der Waals surface area contributed by atoms with E-state index in [0.717, 1.165) is 23.9 Å². The van der Waals surface area contributed by atoms with Gasteiger partial charge in [-0.3, -0.25) is 4.79 Å². The average molecular weight is 397 g/mol. The summed E-state index contributed by atoms with van der Waals surface area (Å²) in [5.74, 6) is -0.735. The Morgan fingerprint density at radius 2 is 1.70 bits per heavy atom. The largest absolute Gasteiger partial charge is 0.416 e. The lowest BCUT2D eigenvalue weighted by atomic mass is 10.2. The number of nitrogens with one attached hydrogen (secondary N) is 1. The molecule has 2 aromatic carbocycles. The summed E-state index contributed by atoms with van der Waals surface area (Å²) in [6, 6.07) is 9.58. The molecule has 1 heterocycles. The van der Waals surface area contributed by atoms with Crippen LogP contribution in [-0.2, 0) is 11.0 Å². The van der Waals surface area contributed by atoms with Gasteiger partial charge in [0.15, 0.2) is 0 Å². The molecule has 0 atom stereocenters. The third kappa shape index (κ3) is 5.07. The smallest absolute Gasteiger partial charge is 0.411 e. The number of aromatic nitrogens is 2. The van der Waals surface area contributed by atoms with Gasteiger partial charge >= 0.3 is 6.18 Å². The minimum absolute atomic E-state index is 0.0773. The molecule has 3 aromatic rings. The summed E-state index contributed by atoms with van der Waals surface area (Å²) >= 11 is 0.967. The number of hydrogen-bond donors (Lipinski definition) is 1. The van der Waals surface area contributed by atoms with Crippen molar-refractivity contribution in [2.24, 2.45) is 0 Å². The molecule has 5 nitrogen and oxygen atoms in total. The van der Waals surface area contributed by atoms with Gasteiger partial charge in [-0.15, -0.1) is 10.2 Å². The summed E-state index contributed by atoms with van der Waals surface area (Å²) < 4.78 is 55.8. The molecule has 27 heavy (non-hydrogen) atoms. The van der Waals surface area contributed by atoms with Crippen LogP contribution in [0.1, 0.15) is 5.56 Å². The molecule has 1 amide bonds. The first kappa shape index (κ1) is 18.9. The number of alkyl halides is 3. The van der Waals surface area contributed by atoms with Crippen LogP contribution in [0.15, 0.2) is 58.2 Å². The van der Waals surface area contributed by atoms with Crippen molar-refractivity contribution in [2.45, 2.75) is 11.4 Å². The van der Waals surface area contributed by atoms with E-state index in [2.05, 4.69) is 15.5 Å². The summed E-state index contributed by atoms with van der Waals surface area (Å²) in [5, 5.41) is 10.2. The maximum absolute atomic E-state index is 12.9. The number of rotatable bonds is 5. The molecule has 0 saturated carbocycles. The number of anilines is 1. The Labute approximate surface area is 154 Å². The Bertz CT molecular complexity index is 925. The molecule has 0 aliphatic rings. The fraction of sp³-hybridized carbons (Fsp3) is 0.118. The monoisotopic (exact) mass is 397 g/mol. The van der Waals surface area contributed by atoms with Crippen molar-refractivity contribution < 1.29 is 26.8 Å². The molecular formula is C17H11F4N3O2S. The van der Waals surface area contributed by atoms with Crippen molar-refractivity contribution in [1.29, 1.82) is 0 Å². The van der Waals surface area contributed by atoms with Gasteiger partial charge in [0.1, 0.15) is 5.82 Å². The topological polar surface area (TPSA) is 68.0 Å². The van der Waals surface area contributed by atoms with Crippen molar-refractivity contribution in [2.75, 3.05) is 11.1 Å². The van der Waals surface area contributed by atoms with Crippen LogP contribution in [0.2, 0.25) is 0 Å². The van der Waals surface area contributed by atoms with E-state index in [1.54, 1.807) is 0 Å². The standard InChI is InChI=1S/C17H11F4N3O2S/c18-12-5-1-10(2-6-12)15-23-24-16(26-15)27-9-14(25)22-13-7-3-11(4-8-13)17(19,20)21/h1-8H,9H2,(H,22,25). The van der Waals surface area contributed by atoms with E-state index >= 15 is 0 Å². The van der Waals surface area contributed by atoms with Crippen LogP contribution >= 0.6 is 11.8 Å². The molecule has 0 fully saturated rings. The number of amides is 1. The molecule has 3 rings (SSSR count). The predicted octanol–water partition coefficient (Wildman–Crippen LogP) is 4.63. The van der Waals surface area contributed by atoms with E-state index in [9.17, 15) is 22.4 Å². The van der Waals surface area contributed by atoms with Crippen molar-refractivity contribution in [3.8, 4) is 11.5 Å². The number of halogens is 4. The van der Waals surface area contributed by atoms with Crippen LogP contribution in [0.5, 0.6) is 0 Å². The highest BCUT2D eigenvalue weighted by Gasteiger charge is 2.30. The van der Waals surface area contributed by atoms with Gasteiger partial charge in [-0.05, 0) is 48.5 Å². The summed E-state index contributed by atoms with van der Waals surface area (Å²) in [5.41, 5.74) is -0.0230. The van der Waals surface area contributed by atoms with E-state index in [0.29, 0.717) is 5.56 Å². The zero-order valence-corrected chi connectivity index (χ0v) is 14.3. The van der Waals surface area contributed by atoms with Crippen LogP contribution in [0.4, 0.5) is 23.2 Å². The SMILES string of the molecule is O=C(CSc1nnc(-c2ccc(F)cc2)o1)Nc1ccc(C(F)(F)F)cc1. The zero-order valence-electron chi connectivity index (χ0n) is 13.5. The second kappa shape index (κ2) is 7.78. The maximum Gasteiger partial charge on any atom is 0.416 e. The second-order valence-corrected chi connectivity index (χ2v) is 6.22. The van der Waals surface area contributed by atoms with E-state index in [4.69, 9.17) is 4.42 Å².